The van der Waals surface area contributed by atoms with E-state index in [-0.39, 0.29) is 17.3 Å². The van der Waals surface area contributed by atoms with Crippen LogP contribution in [0.25, 0.3) is 22.3 Å². The molecule has 12 heteroatoms. The molecule has 1 heterocycles. The Hall–Kier alpha value is -6.53. The Kier molecular flexibility index (Phi) is 12.0. The van der Waals surface area contributed by atoms with Crippen molar-refractivity contribution < 1.29 is 45.8 Å². The summed E-state index contributed by atoms with van der Waals surface area (Å²) in [5, 5.41) is 15.3. The Labute approximate surface area is 323 Å². The second-order valence-electron chi connectivity index (χ2n) is 13.2. The van der Waals surface area contributed by atoms with Crippen LogP contribution >= 0.6 is 0 Å². The average molecular weight is 781 g/mol. The zero-order valence-electron chi connectivity index (χ0n) is 30.0. The molecule has 0 aliphatic carbocycles. The first-order valence-corrected chi connectivity index (χ1v) is 17.7. The van der Waals surface area contributed by atoms with Crippen molar-refractivity contribution in [3.8, 4) is 22.3 Å². The number of hydrogen-bond acceptors (Lipinski definition) is 4. The van der Waals surface area contributed by atoms with E-state index in [9.17, 15) is 40.7 Å². The monoisotopic (exact) mass is 780 g/mol. The maximum atomic E-state index is 13.2. The lowest BCUT2D eigenvalue weighted by atomic mass is 9.89. The van der Waals surface area contributed by atoms with Gasteiger partial charge in [0.2, 0.25) is 0 Å². The minimum absolute atomic E-state index is 0.0576. The first-order chi connectivity index (χ1) is 27.2. The summed E-state index contributed by atoms with van der Waals surface area (Å²) in [7, 11) is 0. The fourth-order valence-corrected chi connectivity index (χ4v) is 6.56. The van der Waals surface area contributed by atoms with Gasteiger partial charge in [-0.15, -0.1) is 0 Å². The first kappa shape index (κ1) is 40.1. The highest BCUT2D eigenvalue weighted by Gasteiger charge is 2.31. The number of rotatable bonds is 8. The van der Waals surface area contributed by atoms with Crippen LogP contribution in [0, 0.1) is 0 Å². The summed E-state index contributed by atoms with van der Waals surface area (Å²) in [6, 6.07) is 36.9. The number of alkyl halides is 6. The van der Waals surface area contributed by atoms with Crippen molar-refractivity contribution in [3.05, 3.63) is 185 Å². The van der Waals surface area contributed by atoms with Crippen LogP contribution in [0.3, 0.4) is 0 Å². The first-order valence-electron chi connectivity index (χ1n) is 17.7. The number of benzene rings is 6. The van der Waals surface area contributed by atoms with Crippen LogP contribution in [0.4, 0.5) is 32.0 Å². The number of anilines is 1. The van der Waals surface area contributed by atoms with E-state index in [1.54, 1.807) is 48.5 Å². The van der Waals surface area contributed by atoms with E-state index in [1.807, 2.05) is 42.5 Å². The molecule has 1 amide bonds. The molecule has 0 saturated carbocycles. The number of carboxylic acid groups (broad SMARTS) is 1. The van der Waals surface area contributed by atoms with E-state index in [4.69, 9.17) is 5.11 Å². The van der Waals surface area contributed by atoms with E-state index in [1.165, 1.54) is 30.3 Å². The molecule has 1 unspecified atom stereocenters. The van der Waals surface area contributed by atoms with Gasteiger partial charge in [0.05, 0.1) is 22.7 Å². The second kappa shape index (κ2) is 17.1. The van der Waals surface area contributed by atoms with Gasteiger partial charge < -0.3 is 15.7 Å². The second-order valence-corrected chi connectivity index (χ2v) is 13.2. The van der Waals surface area contributed by atoms with Gasteiger partial charge >= 0.3 is 18.3 Å². The van der Waals surface area contributed by atoms with Crippen LogP contribution < -0.4 is 10.6 Å². The topological polar surface area (TPSA) is 95.5 Å². The number of fused-ring (bicyclic) bond motifs is 1. The number of halogens is 6. The number of ketones is 1. The molecule has 6 aromatic rings. The molecule has 7 rings (SSSR count). The average Bonchev–Trinajstić information content (AvgIpc) is 3.20. The number of carbonyl (C=O) groups excluding carboxylic acids is 2. The van der Waals surface area contributed by atoms with Crippen molar-refractivity contribution in [1.82, 2.24) is 5.32 Å². The molecule has 290 valence electrons. The van der Waals surface area contributed by atoms with Gasteiger partial charge in [0, 0.05) is 24.2 Å². The van der Waals surface area contributed by atoms with Gasteiger partial charge in [-0.1, -0.05) is 97.1 Å². The van der Waals surface area contributed by atoms with Crippen molar-refractivity contribution in [2.45, 2.75) is 31.2 Å². The van der Waals surface area contributed by atoms with E-state index in [2.05, 4.69) is 10.6 Å². The van der Waals surface area contributed by atoms with E-state index in [0.717, 1.165) is 47.4 Å². The summed E-state index contributed by atoms with van der Waals surface area (Å²) in [5.74, 6) is -1.40. The Balaban J connectivity index is 0.000000242. The zero-order chi connectivity index (χ0) is 40.7. The molecule has 3 N–H and O–H groups in total. The van der Waals surface area contributed by atoms with Gasteiger partial charge in [0.25, 0.3) is 5.91 Å². The van der Waals surface area contributed by atoms with E-state index in [0.29, 0.717) is 46.5 Å². The van der Waals surface area contributed by atoms with Crippen LogP contribution in [-0.4, -0.2) is 29.3 Å². The molecule has 6 nitrogen and oxygen atoms in total. The summed E-state index contributed by atoms with van der Waals surface area (Å²) >= 11 is 0. The highest BCUT2D eigenvalue weighted by molar-refractivity contribution is 6.08. The minimum atomic E-state index is -4.43. The van der Waals surface area contributed by atoms with Crippen LogP contribution in [0.2, 0.25) is 0 Å². The Bertz CT molecular complexity index is 2380. The predicted octanol–water partition coefficient (Wildman–Crippen LogP) is 10.7. The molecule has 1 aliphatic heterocycles. The molecule has 0 fully saturated rings. The third kappa shape index (κ3) is 9.83. The maximum absolute atomic E-state index is 13.2. The van der Waals surface area contributed by atoms with Crippen molar-refractivity contribution in [1.29, 1.82) is 0 Å². The highest BCUT2D eigenvalue weighted by Crippen LogP contribution is 2.34. The van der Waals surface area contributed by atoms with Crippen LogP contribution in [-0.2, 0) is 30.0 Å². The summed E-state index contributed by atoms with van der Waals surface area (Å²) in [5.41, 5.74) is 4.22. The van der Waals surface area contributed by atoms with Crippen molar-refractivity contribution in [2.75, 3.05) is 11.9 Å². The summed E-state index contributed by atoms with van der Waals surface area (Å²) in [6.07, 6.45) is -7.78. The molecular formula is C45H34F6N2O4. The maximum Gasteiger partial charge on any atom is 0.416 e. The lowest BCUT2D eigenvalue weighted by Gasteiger charge is -2.26. The molecule has 0 aromatic heterocycles. The smallest absolute Gasteiger partial charge is 0.416 e. The Morgan fingerprint density at radius 3 is 1.68 bits per heavy atom. The van der Waals surface area contributed by atoms with Gasteiger partial charge in [-0.25, -0.2) is 4.79 Å². The number of Topliss-reactive ketones (excluding diaryl/α,β-unsaturated/α-hetero) is 1. The van der Waals surface area contributed by atoms with Crippen LogP contribution in [0.1, 0.15) is 54.6 Å². The largest absolute Gasteiger partial charge is 0.478 e. The standard InChI is InChI=1S/C31H25F3N2O2.C14H9F3O2/c32-31(33,34)23-12-10-21(11-13-23)25-8-4-5-9-27(25)30(38)36-24-14-15-26-22(19-24)16-17-35-29(26)28(37)18-20-6-2-1-3-7-20;15-14(16,17)10-7-5-9(6-8-10)11-3-1-2-4-12(11)13(18)19/h1-15,19,29,35H,16-18H2,(H,36,38);1-8H,(H,18,19). The van der Waals surface area contributed by atoms with Gasteiger partial charge in [-0.05, 0) is 93.9 Å². The zero-order valence-corrected chi connectivity index (χ0v) is 30.0. The molecule has 6 aromatic carbocycles. The van der Waals surface area contributed by atoms with Gasteiger partial charge in [0.1, 0.15) is 0 Å². The molecule has 0 bridgehead atoms. The quantitative estimate of drug-likeness (QED) is 0.134. The molecule has 57 heavy (non-hydrogen) atoms. The van der Waals surface area contributed by atoms with Crippen molar-refractivity contribution in [2.24, 2.45) is 0 Å². The fourth-order valence-electron chi connectivity index (χ4n) is 6.56. The molecular weight excluding hydrogens is 746 g/mol. The lowest BCUT2D eigenvalue weighted by Crippen LogP contribution is -2.36. The number of aromatic carboxylic acids is 1. The number of nitrogens with one attached hydrogen (secondary N) is 2. The molecule has 1 atom stereocenters. The lowest BCUT2D eigenvalue weighted by molar-refractivity contribution is -0.138. The number of carbonyl (C=O) groups is 3. The van der Waals surface area contributed by atoms with Gasteiger partial charge in [-0.3, -0.25) is 9.59 Å². The van der Waals surface area contributed by atoms with Crippen molar-refractivity contribution in [3.63, 3.8) is 0 Å². The summed E-state index contributed by atoms with van der Waals surface area (Å²) < 4.78 is 76.2. The number of carboxylic acids is 1. The van der Waals surface area contributed by atoms with Gasteiger partial charge in [0.15, 0.2) is 5.78 Å². The predicted molar refractivity (Wildman–Crippen MR) is 205 cm³/mol. The fraction of sp³-hybridized carbons (Fsp3) is 0.133. The highest BCUT2D eigenvalue weighted by atomic mass is 19.4. The van der Waals surface area contributed by atoms with Crippen molar-refractivity contribution >= 4 is 23.3 Å². The number of amides is 1. The van der Waals surface area contributed by atoms with E-state index >= 15 is 0 Å². The minimum Gasteiger partial charge on any atom is -0.478 e. The molecule has 0 radical (unpaired) electrons. The van der Waals surface area contributed by atoms with E-state index < -0.39 is 35.5 Å². The van der Waals surface area contributed by atoms with Crippen LogP contribution in [0.5, 0.6) is 0 Å². The molecule has 1 aliphatic rings. The number of hydrogen-bond donors (Lipinski definition) is 3. The Morgan fingerprint density at radius 2 is 1.14 bits per heavy atom. The van der Waals surface area contributed by atoms with Gasteiger partial charge in [-0.2, -0.15) is 26.3 Å². The third-order valence-electron chi connectivity index (χ3n) is 9.37. The Morgan fingerprint density at radius 1 is 0.632 bits per heavy atom. The molecule has 0 spiro atoms. The summed E-state index contributed by atoms with van der Waals surface area (Å²) in [6.45, 7) is 0.645. The summed E-state index contributed by atoms with van der Waals surface area (Å²) in [4.78, 5) is 37.3. The van der Waals surface area contributed by atoms with Crippen LogP contribution in [0.15, 0.2) is 146 Å². The third-order valence-corrected chi connectivity index (χ3v) is 9.37. The molecule has 0 saturated heterocycles. The normalized spacial score (nSPS) is 13.8. The SMILES string of the molecule is O=C(Nc1ccc2c(c1)CCNC2C(=O)Cc1ccccc1)c1ccccc1-c1ccc(C(F)(F)F)cc1.O=C(O)c1ccccc1-c1ccc(C(F)(F)F)cc1.